The van der Waals surface area contributed by atoms with Gasteiger partial charge in [0, 0.05) is 16.0 Å². The van der Waals surface area contributed by atoms with Crippen molar-refractivity contribution in [3.05, 3.63) is 63.2 Å². The van der Waals surface area contributed by atoms with Crippen molar-refractivity contribution in [1.29, 1.82) is 0 Å². The normalized spacial score (nSPS) is 11.1. The van der Waals surface area contributed by atoms with Gasteiger partial charge in [-0.05, 0) is 37.3 Å². The molecule has 0 saturated carbocycles. The maximum Gasteiger partial charge on any atom is 0.187 e. The van der Waals surface area contributed by atoms with Crippen LogP contribution in [0.2, 0.25) is 5.02 Å². The van der Waals surface area contributed by atoms with E-state index >= 15 is 0 Å². The number of thiazole rings is 1. The van der Waals surface area contributed by atoms with Gasteiger partial charge in [-0.1, -0.05) is 33.6 Å². The number of pyridine rings is 1. The van der Waals surface area contributed by atoms with E-state index < -0.39 is 0 Å². The van der Waals surface area contributed by atoms with Crippen LogP contribution in [0.25, 0.3) is 17.0 Å². The third-order valence-electron chi connectivity index (χ3n) is 3.62. The molecule has 0 unspecified atom stereocenters. The summed E-state index contributed by atoms with van der Waals surface area (Å²) in [6.07, 6.45) is 2.00. The van der Waals surface area contributed by atoms with Gasteiger partial charge in [0.2, 0.25) is 0 Å². The number of halogens is 2. The van der Waals surface area contributed by atoms with Crippen LogP contribution in [0.3, 0.4) is 0 Å². The van der Waals surface area contributed by atoms with Gasteiger partial charge in [0.1, 0.15) is 11.3 Å². The first-order chi connectivity index (χ1) is 11.6. The molecule has 24 heavy (non-hydrogen) atoms. The van der Waals surface area contributed by atoms with Crippen LogP contribution in [-0.2, 0) is 0 Å². The van der Waals surface area contributed by atoms with Crippen molar-refractivity contribution in [1.82, 2.24) is 14.4 Å². The van der Waals surface area contributed by atoms with E-state index in [0.717, 1.165) is 38.0 Å². The molecular formula is C17H12BrClN4S. The van der Waals surface area contributed by atoms with Crippen molar-refractivity contribution in [2.45, 2.75) is 6.92 Å². The summed E-state index contributed by atoms with van der Waals surface area (Å²) in [7, 11) is 0. The average Bonchev–Trinajstić information content (AvgIpc) is 3.13. The number of aromatic nitrogens is 3. The van der Waals surface area contributed by atoms with Gasteiger partial charge < -0.3 is 5.32 Å². The topological polar surface area (TPSA) is 42.2 Å². The zero-order valence-electron chi connectivity index (χ0n) is 12.6. The summed E-state index contributed by atoms with van der Waals surface area (Å²) < 4.78 is 3.00. The van der Waals surface area contributed by atoms with Crippen LogP contribution < -0.4 is 5.32 Å². The van der Waals surface area contributed by atoms with E-state index in [0.29, 0.717) is 5.02 Å². The summed E-state index contributed by atoms with van der Waals surface area (Å²) in [5, 5.41) is 6.74. The lowest BCUT2D eigenvalue weighted by atomic mass is 10.3. The first-order valence-corrected chi connectivity index (χ1v) is 9.28. The lowest BCUT2D eigenvalue weighted by Gasteiger charge is -2.05. The molecule has 7 heteroatoms. The van der Waals surface area contributed by atoms with Crippen molar-refractivity contribution in [3.63, 3.8) is 0 Å². The zero-order valence-corrected chi connectivity index (χ0v) is 15.8. The van der Waals surface area contributed by atoms with Crippen LogP contribution in [0.4, 0.5) is 10.8 Å². The Labute approximate surface area is 156 Å². The molecule has 4 nitrogen and oxygen atoms in total. The van der Waals surface area contributed by atoms with E-state index in [9.17, 15) is 0 Å². The van der Waals surface area contributed by atoms with Crippen LogP contribution in [0.5, 0.6) is 0 Å². The molecule has 1 N–H and O–H groups in total. The Morgan fingerprint density at radius 1 is 1.21 bits per heavy atom. The molecule has 0 fully saturated rings. The predicted octanol–water partition coefficient (Wildman–Crippen LogP) is 5.93. The number of benzene rings is 1. The molecule has 3 aromatic heterocycles. The standard InChI is InChI=1S/C17H12BrClN4S/c1-10-16(23-7-3-2-4-15(23)20-10)14-9-24-17(22-14)21-13-6-5-11(18)8-12(13)19/h2-9H,1H3,(H,21,22). The smallest absolute Gasteiger partial charge is 0.187 e. The second kappa shape index (κ2) is 6.20. The lowest BCUT2D eigenvalue weighted by Crippen LogP contribution is -1.92. The molecule has 120 valence electrons. The molecule has 1 aromatic carbocycles. The Hall–Kier alpha value is -1.89. The van der Waals surface area contributed by atoms with E-state index in [1.165, 1.54) is 11.3 Å². The van der Waals surface area contributed by atoms with Gasteiger partial charge in [-0.25, -0.2) is 9.97 Å². The van der Waals surface area contributed by atoms with Crippen molar-refractivity contribution in [2.75, 3.05) is 5.32 Å². The van der Waals surface area contributed by atoms with Crippen LogP contribution in [-0.4, -0.2) is 14.4 Å². The van der Waals surface area contributed by atoms with E-state index in [-0.39, 0.29) is 0 Å². The van der Waals surface area contributed by atoms with Gasteiger partial charge in [-0.15, -0.1) is 11.3 Å². The maximum atomic E-state index is 6.26. The lowest BCUT2D eigenvalue weighted by molar-refractivity contribution is 1.17. The maximum absolute atomic E-state index is 6.26. The number of nitrogens with zero attached hydrogens (tertiary/aromatic N) is 3. The highest BCUT2D eigenvalue weighted by Crippen LogP contribution is 2.32. The van der Waals surface area contributed by atoms with Crippen molar-refractivity contribution >= 4 is 55.3 Å². The Balaban J connectivity index is 1.70. The van der Waals surface area contributed by atoms with Crippen molar-refractivity contribution in [3.8, 4) is 11.4 Å². The molecule has 0 spiro atoms. The fraction of sp³-hybridized carbons (Fsp3) is 0.0588. The largest absolute Gasteiger partial charge is 0.330 e. The first kappa shape index (κ1) is 15.6. The summed E-state index contributed by atoms with van der Waals surface area (Å²) in [4.78, 5) is 9.29. The minimum Gasteiger partial charge on any atom is -0.330 e. The Bertz CT molecular complexity index is 1040. The van der Waals surface area contributed by atoms with Gasteiger partial charge >= 0.3 is 0 Å². The molecule has 4 aromatic rings. The molecule has 0 radical (unpaired) electrons. The summed E-state index contributed by atoms with van der Waals surface area (Å²) in [5.41, 5.74) is 4.61. The Morgan fingerprint density at radius 2 is 2.08 bits per heavy atom. The fourth-order valence-corrected chi connectivity index (χ4v) is 4.00. The molecule has 4 rings (SSSR count). The van der Waals surface area contributed by atoms with Crippen LogP contribution in [0.1, 0.15) is 5.69 Å². The highest BCUT2D eigenvalue weighted by atomic mass is 79.9. The Morgan fingerprint density at radius 3 is 2.92 bits per heavy atom. The monoisotopic (exact) mass is 418 g/mol. The van der Waals surface area contributed by atoms with Crippen molar-refractivity contribution < 1.29 is 0 Å². The predicted molar refractivity (Wildman–Crippen MR) is 103 cm³/mol. The van der Waals surface area contributed by atoms with Gasteiger partial charge in [0.05, 0.1) is 22.1 Å². The van der Waals surface area contributed by atoms with Gasteiger partial charge in [0.15, 0.2) is 5.13 Å². The van der Waals surface area contributed by atoms with E-state index in [2.05, 4.69) is 30.6 Å². The molecule has 0 saturated heterocycles. The summed E-state index contributed by atoms with van der Waals surface area (Å²) in [6, 6.07) is 11.7. The van der Waals surface area contributed by atoms with E-state index in [1.54, 1.807) is 0 Å². The molecular weight excluding hydrogens is 408 g/mol. The minimum absolute atomic E-state index is 0.645. The molecule has 3 heterocycles. The Kier molecular flexibility index (Phi) is 4.04. The third kappa shape index (κ3) is 2.81. The second-order valence-electron chi connectivity index (χ2n) is 5.26. The second-order valence-corrected chi connectivity index (χ2v) is 7.44. The summed E-state index contributed by atoms with van der Waals surface area (Å²) in [6.45, 7) is 2.00. The molecule has 0 aliphatic heterocycles. The molecule has 0 aliphatic rings. The zero-order chi connectivity index (χ0) is 16.7. The van der Waals surface area contributed by atoms with E-state index in [4.69, 9.17) is 16.6 Å². The first-order valence-electron chi connectivity index (χ1n) is 7.23. The number of hydrogen-bond donors (Lipinski definition) is 1. The number of fused-ring (bicyclic) bond motifs is 1. The van der Waals surface area contributed by atoms with E-state index in [1.807, 2.05) is 54.9 Å². The minimum atomic E-state index is 0.645. The van der Waals surface area contributed by atoms with Gasteiger partial charge in [-0.3, -0.25) is 4.40 Å². The van der Waals surface area contributed by atoms with Crippen LogP contribution >= 0.6 is 38.9 Å². The number of aryl methyl sites for hydroxylation is 1. The summed E-state index contributed by atoms with van der Waals surface area (Å²) in [5.74, 6) is 0. The van der Waals surface area contributed by atoms with Gasteiger partial charge in [0.25, 0.3) is 0 Å². The SMILES string of the molecule is Cc1nc2ccccn2c1-c1csc(Nc2ccc(Br)cc2Cl)n1. The quantitative estimate of drug-likeness (QED) is 0.448. The van der Waals surface area contributed by atoms with Crippen LogP contribution in [0.15, 0.2) is 52.4 Å². The number of imidazole rings is 1. The highest BCUT2D eigenvalue weighted by molar-refractivity contribution is 9.10. The number of anilines is 2. The van der Waals surface area contributed by atoms with Crippen molar-refractivity contribution in [2.24, 2.45) is 0 Å². The van der Waals surface area contributed by atoms with Gasteiger partial charge in [-0.2, -0.15) is 0 Å². The number of hydrogen-bond acceptors (Lipinski definition) is 4. The number of nitrogens with one attached hydrogen (secondary N) is 1. The third-order valence-corrected chi connectivity index (χ3v) is 5.19. The highest BCUT2D eigenvalue weighted by Gasteiger charge is 2.14. The van der Waals surface area contributed by atoms with Crippen LogP contribution in [0, 0.1) is 6.92 Å². The average molecular weight is 420 g/mol. The molecule has 0 atom stereocenters. The number of rotatable bonds is 3. The summed E-state index contributed by atoms with van der Waals surface area (Å²) >= 11 is 11.2. The molecule has 0 amide bonds. The molecule has 0 bridgehead atoms. The molecule has 0 aliphatic carbocycles. The fourth-order valence-electron chi connectivity index (χ4n) is 2.57.